The van der Waals surface area contributed by atoms with Gasteiger partial charge in [0.1, 0.15) is 0 Å². The van der Waals surface area contributed by atoms with Gasteiger partial charge in [0.05, 0.1) is 6.10 Å². The SMILES string of the molecule is CCC1CCN(C2CC(O)CCC23CCCC3)C1. The highest BCUT2D eigenvalue weighted by molar-refractivity contribution is 5.01. The van der Waals surface area contributed by atoms with Gasteiger partial charge in [-0.1, -0.05) is 26.2 Å². The highest BCUT2D eigenvalue weighted by Gasteiger charge is 2.48. The lowest BCUT2D eigenvalue weighted by molar-refractivity contribution is -0.0190. The molecule has 2 aliphatic carbocycles. The minimum Gasteiger partial charge on any atom is -0.393 e. The zero-order chi connectivity index (χ0) is 12.6. The van der Waals surface area contributed by atoms with Crippen LogP contribution < -0.4 is 0 Å². The molecule has 2 saturated carbocycles. The molecular weight excluding hydrogens is 222 g/mol. The smallest absolute Gasteiger partial charge is 0.0555 e. The summed E-state index contributed by atoms with van der Waals surface area (Å²) < 4.78 is 0. The molecule has 3 fully saturated rings. The van der Waals surface area contributed by atoms with E-state index in [2.05, 4.69) is 11.8 Å². The third kappa shape index (κ3) is 2.22. The molecule has 1 spiro atoms. The number of hydrogen-bond donors (Lipinski definition) is 1. The van der Waals surface area contributed by atoms with Crippen LogP contribution in [-0.4, -0.2) is 35.2 Å². The molecule has 0 amide bonds. The van der Waals surface area contributed by atoms with Crippen LogP contribution in [0.3, 0.4) is 0 Å². The Morgan fingerprint density at radius 1 is 1.17 bits per heavy atom. The number of aliphatic hydroxyl groups excluding tert-OH is 1. The molecule has 3 atom stereocenters. The van der Waals surface area contributed by atoms with Crippen molar-refractivity contribution in [1.29, 1.82) is 0 Å². The molecular formula is C16H29NO. The fourth-order valence-corrected chi connectivity index (χ4v) is 4.92. The lowest BCUT2D eigenvalue weighted by atomic mass is 9.67. The molecule has 2 nitrogen and oxygen atoms in total. The van der Waals surface area contributed by atoms with E-state index in [1.807, 2.05) is 0 Å². The number of aliphatic hydroxyl groups is 1. The molecule has 1 aliphatic heterocycles. The lowest BCUT2D eigenvalue weighted by Crippen LogP contribution is -2.50. The Hall–Kier alpha value is -0.0800. The van der Waals surface area contributed by atoms with Gasteiger partial charge in [0.15, 0.2) is 0 Å². The van der Waals surface area contributed by atoms with E-state index < -0.39 is 0 Å². The maximum Gasteiger partial charge on any atom is 0.0555 e. The van der Waals surface area contributed by atoms with E-state index in [1.165, 1.54) is 58.0 Å². The van der Waals surface area contributed by atoms with E-state index in [-0.39, 0.29) is 6.10 Å². The zero-order valence-electron chi connectivity index (χ0n) is 11.9. The van der Waals surface area contributed by atoms with Gasteiger partial charge in [-0.15, -0.1) is 0 Å². The second-order valence-electron chi connectivity index (χ2n) is 7.07. The molecule has 18 heavy (non-hydrogen) atoms. The second kappa shape index (κ2) is 5.13. The maximum absolute atomic E-state index is 10.1. The molecule has 0 aromatic rings. The summed E-state index contributed by atoms with van der Waals surface area (Å²) in [6.07, 6.45) is 11.8. The van der Waals surface area contributed by atoms with Crippen LogP contribution >= 0.6 is 0 Å². The van der Waals surface area contributed by atoms with E-state index in [4.69, 9.17) is 0 Å². The van der Waals surface area contributed by atoms with Gasteiger partial charge in [0, 0.05) is 12.6 Å². The Labute approximate surface area is 112 Å². The number of nitrogens with zero attached hydrogens (tertiary/aromatic N) is 1. The van der Waals surface area contributed by atoms with Crippen LogP contribution in [0.25, 0.3) is 0 Å². The van der Waals surface area contributed by atoms with Crippen LogP contribution in [0.2, 0.25) is 0 Å². The molecule has 0 radical (unpaired) electrons. The Kier molecular flexibility index (Phi) is 3.68. The molecule has 3 unspecified atom stereocenters. The van der Waals surface area contributed by atoms with Crippen LogP contribution in [-0.2, 0) is 0 Å². The number of hydrogen-bond acceptors (Lipinski definition) is 2. The fourth-order valence-electron chi connectivity index (χ4n) is 4.92. The van der Waals surface area contributed by atoms with Crippen molar-refractivity contribution in [2.45, 2.75) is 76.9 Å². The van der Waals surface area contributed by atoms with E-state index in [1.54, 1.807) is 0 Å². The van der Waals surface area contributed by atoms with Gasteiger partial charge >= 0.3 is 0 Å². The predicted molar refractivity (Wildman–Crippen MR) is 74.5 cm³/mol. The van der Waals surface area contributed by atoms with E-state index in [0.717, 1.165) is 18.8 Å². The first kappa shape index (κ1) is 12.9. The van der Waals surface area contributed by atoms with Crippen molar-refractivity contribution in [3.05, 3.63) is 0 Å². The molecule has 3 rings (SSSR count). The summed E-state index contributed by atoms with van der Waals surface area (Å²) in [5.41, 5.74) is 0.585. The van der Waals surface area contributed by atoms with Crippen LogP contribution in [0.4, 0.5) is 0 Å². The summed E-state index contributed by atoms with van der Waals surface area (Å²) in [4.78, 5) is 2.75. The predicted octanol–water partition coefficient (Wildman–Crippen LogP) is 3.19. The second-order valence-corrected chi connectivity index (χ2v) is 7.07. The highest BCUT2D eigenvalue weighted by atomic mass is 16.3. The standard InChI is InChI=1S/C16H29NO/c1-2-13-6-10-17(12-13)15-11-14(18)5-9-16(15)7-3-4-8-16/h13-15,18H,2-12H2,1H3. The van der Waals surface area contributed by atoms with Crippen LogP contribution in [0.1, 0.15) is 64.7 Å². The summed E-state index contributed by atoms with van der Waals surface area (Å²) in [6.45, 7) is 4.92. The highest BCUT2D eigenvalue weighted by Crippen LogP contribution is 2.51. The van der Waals surface area contributed by atoms with Gasteiger partial charge in [-0.2, -0.15) is 0 Å². The van der Waals surface area contributed by atoms with Gasteiger partial charge in [-0.3, -0.25) is 4.90 Å². The van der Waals surface area contributed by atoms with Gasteiger partial charge in [0.2, 0.25) is 0 Å². The van der Waals surface area contributed by atoms with E-state index >= 15 is 0 Å². The van der Waals surface area contributed by atoms with Crippen LogP contribution in [0.5, 0.6) is 0 Å². The van der Waals surface area contributed by atoms with Crippen molar-refractivity contribution < 1.29 is 5.11 Å². The Balaban J connectivity index is 1.74. The monoisotopic (exact) mass is 251 g/mol. The fraction of sp³-hybridized carbons (Fsp3) is 1.00. The van der Waals surface area contributed by atoms with Crippen LogP contribution in [0, 0.1) is 11.3 Å². The molecule has 3 aliphatic rings. The summed E-state index contributed by atoms with van der Waals surface area (Å²) >= 11 is 0. The van der Waals surface area contributed by atoms with Crippen molar-refractivity contribution in [3.8, 4) is 0 Å². The molecule has 0 bridgehead atoms. The Bertz CT molecular complexity index is 285. The minimum atomic E-state index is -0.0260. The third-order valence-electron chi connectivity index (χ3n) is 6.11. The Morgan fingerprint density at radius 3 is 2.61 bits per heavy atom. The van der Waals surface area contributed by atoms with Crippen molar-refractivity contribution in [2.75, 3.05) is 13.1 Å². The van der Waals surface area contributed by atoms with Crippen molar-refractivity contribution >= 4 is 0 Å². The van der Waals surface area contributed by atoms with Crippen molar-refractivity contribution in [1.82, 2.24) is 4.90 Å². The zero-order valence-corrected chi connectivity index (χ0v) is 11.9. The first-order valence-electron chi connectivity index (χ1n) is 8.15. The molecule has 1 heterocycles. The maximum atomic E-state index is 10.1. The van der Waals surface area contributed by atoms with Crippen LogP contribution in [0.15, 0.2) is 0 Å². The van der Waals surface area contributed by atoms with Gasteiger partial charge < -0.3 is 5.11 Å². The summed E-state index contributed by atoms with van der Waals surface area (Å²) in [5.74, 6) is 0.919. The average molecular weight is 251 g/mol. The molecule has 1 saturated heterocycles. The quantitative estimate of drug-likeness (QED) is 0.814. The van der Waals surface area contributed by atoms with Gasteiger partial charge in [-0.25, -0.2) is 0 Å². The first-order chi connectivity index (χ1) is 8.73. The minimum absolute atomic E-state index is 0.0260. The topological polar surface area (TPSA) is 23.5 Å². The third-order valence-corrected chi connectivity index (χ3v) is 6.11. The lowest BCUT2D eigenvalue weighted by Gasteiger charge is -2.48. The van der Waals surface area contributed by atoms with Crippen molar-refractivity contribution in [3.63, 3.8) is 0 Å². The Morgan fingerprint density at radius 2 is 1.94 bits per heavy atom. The normalized spacial score (nSPS) is 40.7. The van der Waals surface area contributed by atoms with E-state index in [0.29, 0.717) is 11.5 Å². The molecule has 0 aromatic heterocycles. The molecule has 0 aromatic carbocycles. The number of rotatable bonds is 2. The average Bonchev–Trinajstić information content (AvgIpc) is 3.03. The summed E-state index contributed by atoms with van der Waals surface area (Å²) in [6, 6.07) is 0.695. The van der Waals surface area contributed by atoms with Crippen molar-refractivity contribution in [2.24, 2.45) is 11.3 Å². The van der Waals surface area contributed by atoms with Gasteiger partial charge in [-0.05, 0) is 56.4 Å². The molecule has 104 valence electrons. The van der Waals surface area contributed by atoms with Gasteiger partial charge in [0.25, 0.3) is 0 Å². The molecule has 1 N–H and O–H groups in total. The summed E-state index contributed by atoms with van der Waals surface area (Å²) in [7, 11) is 0. The molecule has 2 heteroatoms. The largest absolute Gasteiger partial charge is 0.393 e. The summed E-state index contributed by atoms with van der Waals surface area (Å²) in [5, 5.41) is 10.1. The number of likely N-dealkylation sites (tertiary alicyclic amines) is 1. The first-order valence-corrected chi connectivity index (χ1v) is 8.15. The van der Waals surface area contributed by atoms with E-state index in [9.17, 15) is 5.11 Å².